The number of nitriles is 1. The van der Waals surface area contributed by atoms with E-state index in [-0.39, 0.29) is 11.4 Å². The van der Waals surface area contributed by atoms with E-state index in [0.29, 0.717) is 17.1 Å². The number of Topliss-reactive ketones (excluding diaryl/α,β-unsaturated/α-hetero) is 1. The van der Waals surface area contributed by atoms with Gasteiger partial charge in [0.1, 0.15) is 34.5 Å². The van der Waals surface area contributed by atoms with Gasteiger partial charge >= 0.3 is 5.69 Å². The first-order valence-electron chi connectivity index (χ1n) is 7.70. The number of methoxy groups -OCH3 is 2. The number of anilines is 1. The predicted molar refractivity (Wildman–Crippen MR) is 98.8 cm³/mol. The van der Waals surface area contributed by atoms with Crippen LogP contribution in [0.4, 0.5) is 5.82 Å². The molecule has 0 bridgehead atoms. The van der Waals surface area contributed by atoms with Crippen LogP contribution in [-0.2, 0) is 14.1 Å². The van der Waals surface area contributed by atoms with Crippen molar-refractivity contribution in [3.63, 3.8) is 0 Å². The molecule has 0 spiro atoms. The second-order valence-electron chi connectivity index (χ2n) is 5.57. The largest absolute Gasteiger partial charge is 0.497 e. The van der Waals surface area contributed by atoms with Crippen molar-refractivity contribution < 1.29 is 14.3 Å². The van der Waals surface area contributed by atoms with Crippen molar-refractivity contribution in [2.75, 3.05) is 20.0 Å². The molecule has 0 aliphatic rings. The minimum absolute atomic E-state index is 0.309. The maximum Gasteiger partial charge on any atom is 0.332 e. The van der Waals surface area contributed by atoms with Crippen LogP contribution in [0.2, 0.25) is 0 Å². The molecule has 1 heterocycles. The van der Waals surface area contributed by atoms with Crippen molar-refractivity contribution in [2.45, 2.75) is 0 Å². The highest BCUT2D eigenvalue weighted by atomic mass is 16.5. The molecule has 2 rings (SSSR count). The molecule has 2 N–H and O–H groups in total. The summed E-state index contributed by atoms with van der Waals surface area (Å²) in [5.74, 6) is -0.290. The zero-order valence-corrected chi connectivity index (χ0v) is 15.3. The van der Waals surface area contributed by atoms with Crippen molar-refractivity contribution in [1.29, 1.82) is 5.26 Å². The third kappa shape index (κ3) is 3.46. The van der Waals surface area contributed by atoms with Gasteiger partial charge in [0, 0.05) is 25.7 Å². The fourth-order valence-electron chi connectivity index (χ4n) is 2.45. The molecular weight excluding hydrogens is 352 g/mol. The number of nitrogens with two attached hydrogens (primary N) is 1. The summed E-state index contributed by atoms with van der Waals surface area (Å²) in [6, 6.07) is 6.59. The first-order valence-corrected chi connectivity index (χ1v) is 7.70. The molecule has 0 atom stereocenters. The van der Waals surface area contributed by atoms with E-state index in [4.69, 9.17) is 15.2 Å². The number of rotatable bonds is 5. The number of nitrogen functional groups attached to an aromatic ring is 1. The number of ketones is 1. The van der Waals surface area contributed by atoms with E-state index in [1.807, 2.05) is 0 Å². The number of ether oxygens (including phenoxy) is 2. The normalized spacial score (nSPS) is 11.0. The highest BCUT2D eigenvalue weighted by molar-refractivity contribution is 6.16. The SMILES string of the molecule is COc1ccc(/C=C(\C#N)C(=O)c2c(N)n(C)c(=O)n(C)c2=O)c(OC)c1. The fourth-order valence-corrected chi connectivity index (χ4v) is 2.45. The fraction of sp³-hybridized carbons (Fsp3) is 0.222. The van der Waals surface area contributed by atoms with Gasteiger partial charge in [0.15, 0.2) is 0 Å². The molecule has 0 saturated carbocycles. The van der Waals surface area contributed by atoms with Crippen LogP contribution in [0.1, 0.15) is 15.9 Å². The Morgan fingerprint density at radius 2 is 1.85 bits per heavy atom. The molecule has 0 aliphatic carbocycles. The minimum Gasteiger partial charge on any atom is -0.497 e. The molecule has 2 aromatic rings. The van der Waals surface area contributed by atoms with Crippen molar-refractivity contribution in [3.8, 4) is 17.6 Å². The van der Waals surface area contributed by atoms with Crippen molar-refractivity contribution in [2.24, 2.45) is 14.1 Å². The summed E-state index contributed by atoms with van der Waals surface area (Å²) in [5.41, 5.74) is 3.90. The van der Waals surface area contributed by atoms with Crippen molar-refractivity contribution in [3.05, 3.63) is 55.7 Å². The van der Waals surface area contributed by atoms with Gasteiger partial charge in [0.2, 0.25) is 5.78 Å². The van der Waals surface area contributed by atoms with Crippen LogP contribution >= 0.6 is 0 Å². The Balaban J connectivity index is 2.66. The zero-order valence-electron chi connectivity index (χ0n) is 15.3. The summed E-state index contributed by atoms with van der Waals surface area (Å²) < 4.78 is 12.1. The van der Waals surface area contributed by atoms with Gasteiger partial charge in [-0.05, 0) is 18.2 Å². The van der Waals surface area contributed by atoms with Gasteiger partial charge in [-0.2, -0.15) is 5.26 Å². The molecule has 0 unspecified atom stereocenters. The molecule has 9 heteroatoms. The maximum atomic E-state index is 12.8. The minimum atomic E-state index is -0.885. The summed E-state index contributed by atoms with van der Waals surface area (Å²) in [5, 5.41) is 9.44. The van der Waals surface area contributed by atoms with E-state index < -0.39 is 22.6 Å². The molecular formula is C18H18N4O5. The lowest BCUT2D eigenvalue weighted by molar-refractivity contribution is 0.103. The van der Waals surface area contributed by atoms with Gasteiger partial charge in [-0.3, -0.25) is 18.7 Å². The average molecular weight is 370 g/mol. The highest BCUT2D eigenvalue weighted by Gasteiger charge is 2.23. The second-order valence-corrected chi connectivity index (χ2v) is 5.57. The highest BCUT2D eigenvalue weighted by Crippen LogP contribution is 2.27. The van der Waals surface area contributed by atoms with Gasteiger partial charge < -0.3 is 15.2 Å². The van der Waals surface area contributed by atoms with Gasteiger partial charge in [-0.15, -0.1) is 0 Å². The molecule has 0 saturated heterocycles. The number of carbonyl (C=O) groups excluding carboxylic acids is 1. The Morgan fingerprint density at radius 1 is 1.19 bits per heavy atom. The Hall–Kier alpha value is -3.80. The van der Waals surface area contributed by atoms with Gasteiger partial charge in [-0.25, -0.2) is 4.79 Å². The smallest absolute Gasteiger partial charge is 0.332 e. The number of aromatic nitrogens is 2. The summed E-state index contributed by atoms with van der Waals surface area (Å²) in [6.45, 7) is 0. The lowest BCUT2D eigenvalue weighted by Gasteiger charge is -2.11. The van der Waals surface area contributed by atoms with Crippen LogP contribution in [0.15, 0.2) is 33.4 Å². The van der Waals surface area contributed by atoms with Gasteiger partial charge in [0.05, 0.1) is 14.2 Å². The van der Waals surface area contributed by atoms with Crippen LogP contribution in [0.5, 0.6) is 11.5 Å². The molecule has 140 valence electrons. The van der Waals surface area contributed by atoms with Gasteiger partial charge in [0.25, 0.3) is 5.56 Å². The molecule has 0 fully saturated rings. The Bertz CT molecular complexity index is 1100. The van der Waals surface area contributed by atoms with E-state index in [2.05, 4.69) is 0 Å². The van der Waals surface area contributed by atoms with Crippen LogP contribution in [0, 0.1) is 11.3 Å². The van der Waals surface area contributed by atoms with E-state index in [0.717, 1.165) is 9.13 Å². The average Bonchev–Trinajstić information content (AvgIpc) is 2.68. The van der Waals surface area contributed by atoms with Crippen LogP contribution < -0.4 is 26.5 Å². The van der Waals surface area contributed by atoms with E-state index in [9.17, 15) is 19.6 Å². The van der Waals surface area contributed by atoms with Crippen LogP contribution in [0.3, 0.4) is 0 Å². The lowest BCUT2D eigenvalue weighted by Crippen LogP contribution is -2.41. The molecule has 1 aromatic heterocycles. The monoisotopic (exact) mass is 370 g/mol. The Morgan fingerprint density at radius 3 is 2.41 bits per heavy atom. The topological polar surface area (TPSA) is 129 Å². The summed E-state index contributed by atoms with van der Waals surface area (Å²) >= 11 is 0. The molecule has 9 nitrogen and oxygen atoms in total. The maximum absolute atomic E-state index is 12.8. The number of hydrogen-bond donors (Lipinski definition) is 1. The molecule has 1 aromatic carbocycles. The van der Waals surface area contributed by atoms with Crippen molar-refractivity contribution in [1.82, 2.24) is 9.13 Å². The third-order valence-electron chi connectivity index (χ3n) is 4.04. The van der Waals surface area contributed by atoms with E-state index >= 15 is 0 Å². The Kier molecular flexibility index (Phi) is 5.51. The number of nitrogens with zero attached hydrogens (tertiary/aromatic N) is 3. The van der Waals surface area contributed by atoms with Gasteiger partial charge in [-0.1, -0.05) is 0 Å². The third-order valence-corrected chi connectivity index (χ3v) is 4.04. The first-order chi connectivity index (χ1) is 12.8. The number of benzene rings is 1. The summed E-state index contributed by atoms with van der Waals surface area (Å²) in [4.78, 5) is 37.0. The molecule has 27 heavy (non-hydrogen) atoms. The summed E-state index contributed by atoms with van der Waals surface area (Å²) in [6.07, 6.45) is 1.28. The number of hydrogen-bond acceptors (Lipinski definition) is 7. The van der Waals surface area contributed by atoms with Crippen LogP contribution in [-0.4, -0.2) is 29.1 Å². The van der Waals surface area contributed by atoms with Crippen molar-refractivity contribution >= 4 is 17.7 Å². The predicted octanol–water partition coefficient (Wildman–Crippen LogP) is 0.473. The number of carbonyl (C=O) groups is 1. The Labute approximate surface area is 154 Å². The van der Waals surface area contributed by atoms with E-state index in [1.54, 1.807) is 24.3 Å². The first kappa shape index (κ1) is 19.5. The molecule has 0 aliphatic heterocycles. The molecule has 0 radical (unpaired) electrons. The summed E-state index contributed by atoms with van der Waals surface area (Å²) in [7, 11) is 5.48. The van der Waals surface area contributed by atoms with E-state index in [1.165, 1.54) is 34.4 Å². The zero-order chi connectivity index (χ0) is 20.3. The quantitative estimate of drug-likeness (QED) is 0.460. The standard InChI is InChI=1S/C18H18N4O5/c1-21-16(20)14(17(24)22(2)18(21)25)15(23)11(9-19)7-10-5-6-12(26-3)8-13(10)27-4/h5-8H,20H2,1-4H3/b11-7+. The van der Waals surface area contributed by atoms with Crippen LogP contribution in [0.25, 0.3) is 6.08 Å². The lowest BCUT2D eigenvalue weighted by atomic mass is 10.0. The molecule has 0 amide bonds. The second kappa shape index (κ2) is 7.61. The number of allylic oxidation sites excluding steroid dienone is 1.